The molecule has 0 aliphatic rings. The third kappa shape index (κ3) is 3.83. The molecule has 0 atom stereocenters. The van der Waals surface area contributed by atoms with Crippen LogP contribution in [0.25, 0.3) is 11.3 Å². The van der Waals surface area contributed by atoms with E-state index in [1.54, 1.807) is 19.2 Å². The highest BCUT2D eigenvalue weighted by Gasteiger charge is 2.17. The monoisotopic (exact) mass is 353 g/mol. The van der Waals surface area contributed by atoms with Crippen molar-refractivity contribution in [1.82, 2.24) is 9.97 Å². The fourth-order valence-corrected chi connectivity index (χ4v) is 2.36. The first-order valence-corrected chi connectivity index (χ1v) is 8.03. The number of benzene rings is 1. The zero-order valence-electron chi connectivity index (χ0n) is 12.8. The molecule has 6 nitrogen and oxygen atoms in total. The van der Waals surface area contributed by atoms with Crippen LogP contribution < -0.4 is 15.0 Å². The summed E-state index contributed by atoms with van der Waals surface area (Å²) in [4.78, 5) is 18.7. The molecule has 0 bridgehead atoms. The summed E-state index contributed by atoms with van der Waals surface area (Å²) in [5.74, 6) is -0.0592. The number of aromatic nitrogens is 2. The number of hydrogen-bond donors (Lipinski definition) is 1. The lowest BCUT2D eigenvalue weighted by atomic mass is 10.1. The fourth-order valence-electron chi connectivity index (χ4n) is 1.98. The second-order valence-corrected chi connectivity index (χ2v) is 5.18. The molecule has 24 heavy (non-hydrogen) atoms. The maximum Gasteiger partial charge on any atom is 0.387 e. The molecule has 2 rings (SSSR count). The van der Waals surface area contributed by atoms with Gasteiger partial charge in [0.05, 0.1) is 12.3 Å². The number of nitrogens with one attached hydrogen (secondary N) is 1. The van der Waals surface area contributed by atoms with Gasteiger partial charge in [0.25, 0.3) is 5.56 Å². The highest BCUT2D eigenvalue weighted by atomic mass is 32.2. The third-order valence-electron chi connectivity index (χ3n) is 2.94. The van der Waals surface area contributed by atoms with Gasteiger partial charge in [0.15, 0.2) is 16.7 Å². The van der Waals surface area contributed by atoms with Gasteiger partial charge in [0, 0.05) is 5.56 Å². The molecule has 0 fully saturated rings. The Bertz CT molecular complexity index is 834. The highest BCUT2D eigenvalue weighted by Crippen LogP contribution is 2.34. The molecule has 126 valence electrons. The maximum absolute atomic E-state index is 12.5. The van der Waals surface area contributed by atoms with E-state index in [0.29, 0.717) is 10.7 Å². The van der Waals surface area contributed by atoms with Crippen molar-refractivity contribution in [3.63, 3.8) is 0 Å². The molecular weight excluding hydrogens is 340 g/mol. The quantitative estimate of drug-likeness (QED) is 0.634. The van der Waals surface area contributed by atoms with E-state index in [2.05, 4.69) is 14.7 Å². The number of halogens is 2. The van der Waals surface area contributed by atoms with Gasteiger partial charge in [-0.2, -0.15) is 14.0 Å². The van der Waals surface area contributed by atoms with Crippen molar-refractivity contribution in [1.29, 1.82) is 5.26 Å². The first kappa shape index (κ1) is 17.7. The van der Waals surface area contributed by atoms with Crippen molar-refractivity contribution in [3.05, 3.63) is 34.1 Å². The van der Waals surface area contributed by atoms with E-state index >= 15 is 0 Å². The zero-order valence-corrected chi connectivity index (χ0v) is 13.6. The lowest BCUT2D eigenvalue weighted by Crippen LogP contribution is -2.14. The Labute approximate surface area is 140 Å². The maximum atomic E-state index is 12.5. The molecule has 1 aromatic heterocycles. The van der Waals surface area contributed by atoms with Crippen LogP contribution in [0.5, 0.6) is 11.5 Å². The van der Waals surface area contributed by atoms with Crippen molar-refractivity contribution in [2.24, 2.45) is 0 Å². The summed E-state index contributed by atoms with van der Waals surface area (Å²) < 4.78 is 34.6. The second kappa shape index (κ2) is 7.79. The molecule has 0 aliphatic carbocycles. The van der Waals surface area contributed by atoms with Crippen molar-refractivity contribution in [3.8, 4) is 28.8 Å². The average Bonchev–Trinajstić information content (AvgIpc) is 2.55. The summed E-state index contributed by atoms with van der Waals surface area (Å²) in [6.45, 7) is -1.07. The highest BCUT2D eigenvalue weighted by molar-refractivity contribution is 7.98. The van der Waals surface area contributed by atoms with E-state index in [1.165, 1.54) is 30.0 Å². The Balaban J connectivity index is 2.61. The number of rotatable bonds is 6. The number of alkyl halides is 2. The number of H-pyrrole nitrogens is 1. The van der Waals surface area contributed by atoms with Crippen LogP contribution in [-0.4, -0.2) is 29.4 Å². The molecule has 0 unspecified atom stereocenters. The van der Waals surface area contributed by atoms with E-state index in [4.69, 9.17) is 4.74 Å². The van der Waals surface area contributed by atoms with Gasteiger partial charge in [0.1, 0.15) is 11.6 Å². The number of ether oxygens (including phenoxy) is 2. The van der Waals surface area contributed by atoms with Gasteiger partial charge in [-0.25, -0.2) is 4.98 Å². The lowest BCUT2D eigenvalue weighted by Gasteiger charge is -2.13. The molecule has 2 aromatic rings. The smallest absolute Gasteiger partial charge is 0.387 e. The first-order valence-electron chi connectivity index (χ1n) is 6.80. The zero-order chi connectivity index (χ0) is 17.7. The van der Waals surface area contributed by atoms with Gasteiger partial charge in [0.2, 0.25) is 0 Å². The summed E-state index contributed by atoms with van der Waals surface area (Å²) >= 11 is 1.21. The molecule has 0 saturated heterocycles. The van der Waals surface area contributed by atoms with Crippen LogP contribution in [0.3, 0.4) is 0 Å². The summed E-state index contributed by atoms with van der Waals surface area (Å²) in [6.07, 6.45) is 1.72. The lowest BCUT2D eigenvalue weighted by molar-refractivity contribution is -0.0514. The number of nitriles is 1. The normalized spacial score (nSPS) is 10.5. The van der Waals surface area contributed by atoms with Gasteiger partial charge < -0.3 is 14.5 Å². The molecule has 1 aromatic carbocycles. The van der Waals surface area contributed by atoms with Crippen LogP contribution >= 0.6 is 11.8 Å². The number of hydrogen-bond acceptors (Lipinski definition) is 6. The van der Waals surface area contributed by atoms with Crippen molar-refractivity contribution < 1.29 is 18.3 Å². The predicted octanol–water partition coefficient (Wildman–Crippen LogP) is 3.03. The van der Waals surface area contributed by atoms with Gasteiger partial charge in [-0.05, 0) is 31.4 Å². The van der Waals surface area contributed by atoms with E-state index in [0.717, 1.165) is 0 Å². The number of aromatic amines is 1. The first-order chi connectivity index (χ1) is 11.5. The van der Waals surface area contributed by atoms with Crippen LogP contribution in [0.2, 0.25) is 0 Å². The Kier molecular flexibility index (Phi) is 5.76. The van der Waals surface area contributed by atoms with Crippen LogP contribution in [0.1, 0.15) is 12.5 Å². The average molecular weight is 353 g/mol. The molecular formula is C15H13F2N3O3S. The van der Waals surface area contributed by atoms with Gasteiger partial charge in [-0.1, -0.05) is 11.8 Å². The summed E-state index contributed by atoms with van der Waals surface area (Å²) in [6, 6.07) is 5.94. The number of thioether (sulfide) groups is 1. The van der Waals surface area contributed by atoms with Crippen LogP contribution in [0.15, 0.2) is 28.2 Å². The van der Waals surface area contributed by atoms with E-state index in [1.807, 2.05) is 0 Å². The summed E-state index contributed by atoms with van der Waals surface area (Å²) in [5, 5.41) is 9.53. The largest absolute Gasteiger partial charge is 0.490 e. The molecule has 1 heterocycles. The standard InChI is InChI=1S/C15H13F2N3O3S/c1-3-22-11-6-8(4-5-10(11)23-14(16)17)12-9(7-18)13(21)20-15(19-12)24-2/h4-6,14H,3H2,1-2H3,(H,19,20,21). The van der Waals surface area contributed by atoms with Crippen molar-refractivity contribution in [2.45, 2.75) is 18.7 Å². The molecule has 1 N–H and O–H groups in total. The minimum absolute atomic E-state index is 0.0759. The van der Waals surface area contributed by atoms with Gasteiger partial charge >= 0.3 is 6.61 Å². The van der Waals surface area contributed by atoms with Crippen LogP contribution in [-0.2, 0) is 0 Å². The molecule has 0 aliphatic heterocycles. The predicted molar refractivity (Wildman–Crippen MR) is 84.6 cm³/mol. The second-order valence-electron chi connectivity index (χ2n) is 4.38. The Hall–Kier alpha value is -2.60. The Morgan fingerprint density at radius 2 is 2.17 bits per heavy atom. The Morgan fingerprint density at radius 3 is 2.75 bits per heavy atom. The summed E-state index contributed by atoms with van der Waals surface area (Å²) in [5.41, 5.74) is -0.205. The molecule has 0 amide bonds. The molecule has 0 radical (unpaired) electrons. The van der Waals surface area contributed by atoms with Gasteiger partial charge in [-0.3, -0.25) is 4.79 Å². The minimum Gasteiger partial charge on any atom is -0.490 e. The third-order valence-corrected chi connectivity index (χ3v) is 3.52. The molecule has 0 saturated carbocycles. The van der Waals surface area contributed by atoms with Crippen molar-refractivity contribution in [2.75, 3.05) is 12.9 Å². The topological polar surface area (TPSA) is 88.0 Å². The minimum atomic E-state index is -2.99. The molecule has 0 spiro atoms. The van der Waals surface area contributed by atoms with Crippen molar-refractivity contribution >= 4 is 11.8 Å². The van der Waals surface area contributed by atoms with E-state index in [9.17, 15) is 18.8 Å². The number of nitrogens with zero attached hydrogens (tertiary/aromatic N) is 2. The van der Waals surface area contributed by atoms with Crippen LogP contribution in [0, 0.1) is 11.3 Å². The SMILES string of the molecule is CCOc1cc(-c2nc(SC)[nH]c(=O)c2C#N)ccc1OC(F)F. The van der Waals surface area contributed by atoms with E-state index < -0.39 is 12.2 Å². The summed E-state index contributed by atoms with van der Waals surface area (Å²) in [7, 11) is 0. The fraction of sp³-hybridized carbons (Fsp3) is 0.267. The Morgan fingerprint density at radius 1 is 1.42 bits per heavy atom. The van der Waals surface area contributed by atoms with E-state index in [-0.39, 0.29) is 29.4 Å². The van der Waals surface area contributed by atoms with Crippen LogP contribution in [0.4, 0.5) is 8.78 Å². The molecule has 9 heteroatoms. The van der Waals surface area contributed by atoms with Gasteiger partial charge in [-0.15, -0.1) is 0 Å².